The van der Waals surface area contributed by atoms with Gasteiger partial charge >= 0.3 is 0 Å². The molecule has 2 aromatic carbocycles. The van der Waals surface area contributed by atoms with E-state index in [0.29, 0.717) is 12.2 Å². The number of hydrogen-bond donors (Lipinski definition) is 1. The van der Waals surface area contributed by atoms with Gasteiger partial charge < -0.3 is 14.7 Å². The topological polar surface area (TPSA) is 79.7 Å². The van der Waals surface area contributed by atoms with Crippen LogP contribution < -0.4 is 4.74 Å². The summed E-state index contributed by atoms with van der Waals surface area (Å²) in [5.74, 6) is -0.808. The number of aryl methyl sites for hydroxylation is 1. The molecule has 2 heterocycles. The van der Waals surface area contributed by atoms with Crippen molar-refractivity contribution in [3.63, 3.8) is 0 Å². The van der Waals surface area contributed by atoms with Gasteiger partial charge in [0.1, 0.15) is 11.5 Å². The van der Waals surface area contributed by atoms with Crippen LogP contribution in [0.15, 0.2) is 72.6 Å². The largest absolute Gasteiger partial charge is 0.507 e. The highest BCUT2D eigenvalue weighted by molar-refractivity contribution is 6.46. The summed E-state index contributed by atoms with van der Waals surface area (Å²) >= 11 is 0. The lowest BCUT2D eigenvalue weighted by Gasteiger charge is -2.26. The Bertz CT molecular complexity index is 1320. The monoisotopic (exact) mass is 498 g/mol. The molecule has 1 aliphatic heterocycles. The van der Waals surface area contributed by atoms with Gasteiger partial charge in [-0.15, -0.1) is 0 Å². The summed E-state index contributed by atoms with van der Waals surface area (Å²) in [5.41, 5.74) is 4.05. The fourth-order valence-corrected chi connectivity index (χ4v) is 4.57. The van der Waals surface area contributed by atoms with E-state index in [0.717, 1.165) is 34.4 Å². The second-order valence-corrected chi connectivity index (χ2v) is 10.5. The van der Waals surface area contributed by atoms with Crippen molar-refractivity contribution in [2.45, 2.75) is 59.0 Å². The molecule has 0 saturated carbocycles. The third-order valence-corrected chi connectivity index (χ3v) is 6.62. The first-order chi connectivity index (χ1) is 17.6. The average Bonchev–Trinajstić information content (AvgIpc) is 3.12. The molecule has 0 radical (unpaired) electrons. The summed E-state index contributed by atoms with van der Waals surface area (Å²) in [4.78, 5) is 32.3. The molecule has 3 aromatic rings. The summed E-state index contributed by atoms with van der Waals surface area (Å²) in [7, 11) is 0. The Morgan fingerprint density at radius 2 is 1.81 bits per heavy atom. The van der Waals surface area contributed by atoms with Gasteiger partial charge in [0.25, 0.3) is 11.7 Å². The molecule has 1 aromatic heterocycles. The molecule has 37 heavy (non-hydrogen) atoms. The first kappa shape index (κ1) is 26.1. The minimum Gasteiger partial charge on any atom is -0.507 e. The maximum atomic E-state index is 13.4. The highest BCUT2D eigenvalue weighted by Crippen LogP contribution is 2.41. The van der Waals surface area contributed by atoms with Crippen molar-refractivity contribution >= 4 is 17.4 Å². The van der Waals surface area contributed by atoms with Crippen molar-refractivity contribution < 1.29 is 19.4 Å². The maximum Gasteiger partial charge on any atom is 0.295 e. The van der Waals surface area contributed by atoms with Crippen molar-refractivity contribution in [2.75, 3.05) is 6.61 Å². The van der Waals surface area contributed by atoms with E-state index in [-0.39, 0.29) is 23.3 Å². The van der Waals surface area contributed by atoms with Crippen LogP contribution in [0, 0.1) is 6.92 Å². The van der Waals surface area contributed by atoms with Gasteiger partial charge in [-0.05, 0) is 65.3 Å². The van der Waals surface area contributed by atoms with Crippen LogP contribution in [0.2, 0.25) is 0 Å². The van der Waals surface area contributed by atoms with E-state index in [1.54, 1.807) is 36.7 Å². The van der Waals surface area contributed by atoms with E-state index < -0.39 is 17.7 Å². The van der Waals surface area contributed by atoms with Crippen molar-refractivity contribution in [3.8, 4) is 5.75 Å². The molecular weight excluding hydrogens is 464 g/mol. The summed E-state index contributed by atoms with van der Waals surface area (Å²) in [5, 5.41) is 11.4. The number of rotatable bonds is 7. The standard InChI is InChI=1S/C31H34N2O4/c1-6-16-37-25-14-11-23(17-20(25)2)28(34)26-27(22-9-12-24(13-10-22)31(3,4)5)33(30(36)29(26)35)19-21-8-7-15-32-18-21/h7-15,17-18,27,34H,6,16,19H2,1-5H3. The maximum absolute atomic E-state index is 13.4. The van der Waals surface area contributed by atoms with E-state index in [9.17, 15) is 14.7 Å². The van der Waals surface area contributed by atoms with Gasteiger partial charge in [0, 0.05) is 24.5 Å². The van der Waals surface area contributed by atoms with Gasteiger partial charge in [-0.1, -0.05) is 58.0 Å². The number of aliphatic hydroxyl groups excluding tert-OH is 1. The number of pyridine rings is 1. The highest BCUT2D eigenvalue weighted by atomic mass is 16.5. The molecule has 1 N–H and O–H groups in total. The minimum atomic E-state index is -0.731. The number of likely N-dealkylation sites (tertiary alicyclic amines) is 1. The SMILES string of the molecule is CCCOc1ccc(C(O)=C2C(=O)C(=O)N(Cc3cccnc3)C2c2ccc(C(C)(C)C)cc2)cc1C. The number of carbonyl (C=O) groups is 2. The molecule has 0 bridgehead atoms. The first-order valence-corrected chi connectivity index (χ1v) is 12.6. The number of aromatic nitrogens is 1. The molecule has 1 saturated heterocycles. The lowest BCUT2D eigenvalue weighted by molar-refractivity contribution is -0.140. The van der Waals surface area contributed by atoms with Gasteiger partial charge in [-0.3, -0.25) is 14.6 Å². The van der Waals surface area contributed by atoms with Crippen molar-refractivity contribution in [3.05, 3.63) is 100 Å². The smallest absolute Gasteiger partial charge is 0.295 e. The minimum absolute atomic E-state index is 0.0465. The number of ether oxygens (including phenoxy) is 1. The zero-order valence-corrected chi connectivity index (χ0v) is 22.1. The van der Waals surface area contributed by atoms with Crippen molar-refractivity contribution in [1.82, 2.24) is 9.88 Å². The molecule has 1 aliphatic rings. The molecule has 0 aliphatic carbocycles. The van der Waals surface area contributed by atoms with Gasteiger partial charge in [-0.25, -0.2) is 0 Å². The molecule has 6 heteroatoms. The summed E-state index contributed by atoms with van der Waals surface area (Å²) in [6, 6.07) is 16.1. The Morgan fingerprint density at radius 3 is 2.41 bits per heavy atom. The van der Waals surface area contributed by atoms with E-state index >= 15 is 0 Å². The second-order valence-electron chi connectivity index (χ2n) is 10.5. The molecule has 0 spiro atoms. The third-order valence-electron chi connectivity index (χ3n) is 6.62. The predicted molar refractivity (Wildman–Crippen MR) is 144 cm³/mol. The zero-order chi connectivity index (χ0) is 26.7. The lowest BCUT2D eigenvalue weighted by Crippen LogP contribution is -2.29. The van der Waals surface area contributed by atoms with Crippen molar-refractivity contribution in [1.29, 1.82) is 0 Å². The quantitative estimate of drug-likeness (QED) is 0.242. The highest BCUT2D eigenvalue weighted by Gasteiger charge is 2.46. The van der Waals surface area contributed by atoms with Crippen LogP contribution in [-0.4, -0.2) is 33.3 Å². The molecule has 192 valence electrons. The Morgan fingerprint density at radius 1 is 1.08 bits per heavy atom. The number of aliphatic hydroxyl groups is 1. The number of Topliss-reactive ketones (excluding diaryl/α,β-unsaturated/α-hetero) is 1. The van der Waals surface area contributed by atoms with E-state index in [4.69, 9.17) is 4.74 Å². The van der Waals surface area contributed by atoms with Crippen LogP contribution in [0.25, 0.3) is 5.76 Å². The molecule has 4 rings (SSSR count). The second kappa shape index (κ2) is 10.6. The predicted octanol–water partition coefficient (Wildman–Crippen LogP) is 6.10. The van der Waals surface area contributed by atoms with Crippen molar-refractivity contribution in [2.24, 2.45) is 0 Å². The normalized spacial score (nSPS) is 17.3. The Kier molecular flexibility index (Phi) is 7.48. The average molecular weight is 499 g/mol. The number of nitrogens with zero attached hydrogens (tertiary/aromatic N) is 2. The molecule has 1 atom stereocenters. The van der Waals surface area contributed by atoms with Crippen LogP contribution >= 0.6 is 0 Å². The Labute approximate surface area is 218 Å². The van der Waals surface area contributed by atoms with Crippen LogP contribution in [0.4, 0.5) is 0 Å². The Hall–Kier alpha value is -3.93. The third kappa shape index (κ3) is 5.43. The van der Waals surface area contributed by atoms with Gasteiger partial charge in [0.05, 0.1) is 18.2 Å². The number of ketones is 1. The van der Waals surface area contributed by atoms with Crippen LogP contribution in [0.3, 0.4) is 0 Å². The molecule has 6 nitrogen and oxygen atoms in total. The van der Waals surface area contributed by atoms with Gasteiger partial charge in [-0.2, -0.15) is 0 Å². The van der Waals surface area contributed by atoms with Gasteiger partial charge in [0.2, 0.25) is 0 Å². The fourth-order valence-electron chi connectivity index (χ4n) is 4.57. The molecular formula is C31H34N2O4. The zero-order valence-electron chi connectivity index (χ0n) is 22.1. The van der Waals surface area contributed by atoms with Crippen LogP contribution in [0.1, 0.15) is 68.0 Å². The summed E-state index contributed by atoms with van der Waals surface area (Å²) < 4.78 is 5.76. The van der Waals surface area contributed by atoms with E-state index in [2.05, 4.69) is 25.8 Å². The van der Waals surface area contributed by atoms with Gasteiger partial charge in [0.15, 0.2) is 0 Å². The summed E-state index contributed by atoms with van der Waals surface area (Å²) in [6.07, 6.45) is 4.23. The number of amides is 1. The molecule has 1 unspecified atom stereocenters. The number of benzene rings is 2. The number of carbonyl (C=O) groups excluding carboxylic acids is 2. The van der Waals surface area contributed by atoms with Crippen LogP contribution in [0.5, 0.6) is 5.75 Å². The fraction of sp³-hybridized carbons (Fsp3) is 0.323. The van der Waals surface area contributed by atoms with E-state index in [1.165, 1.54) is 4.90 Å². The number of hydrogen-bond acceptors (Lipinski definition) is 5. The lowest BCUT2D eigenvalue weighted by atomic mass is 9.85. The van der Waals surface area contributed by atoms with E-state index in [1.807, 2.05) is 44.2 Å². The summed E-state index contributed by atoms with van der Waals surface area (Å²) in [6.45, 7) is 11.1. The first-order valence-electron chi connectivity index (χ1n) is 12.6. The molecule has 1 fully saturated rings. The molecule has 1 amide bonds. The van der Waals surface area contributed by atoms with Crippen LogP contribution in [-0.2, 0) is 21.5 Å². The Balaban J connectivity index is 1.82.